The number of nitrogens with one attached hydrogen (secondary N) is 1. The monoisotopic (exact) mass is 388 g/mol. The van der Waals surface area contributed by atoms with E-state index < -0.39 is 11.5 Å². The topological polar surface area (TPSA) is 107 Å². The quantitative estimate of drug-likeness (QED) is 0.523. The average Bonchev–Trinajstić information content (AvgIpc) is 2.75. The SMILES string of the molecule is O=C(NCCn1nc(-c2cccnc2)ccc1=O)c1cc2ccccc2oc1=O. The second-order valence-corrected chi connectivity index (χ2v) is 6.26. The van der Waals surface area contributed by atoms with Gasteiger partial charge in [0.25, 0.3) is 11.5 Å². The Bertz CT molecular complexity index is 1300. The summed E-state index contributed by atoms with van der Waals surface area (Å²) >= 11 is 0. The molecule has 4 aromatic rings. The third-order valence-corrected chi connectivity index (χ3v) is 4.32. The number of para-hydroxylation sites is 1. The number of hydrogen-bond acceptors (Lipinski definition) is 6. The highest BCUT2D eigenvalue weighted by molar-refractivity contribution is 5.96. The first kappa shape index (κ1) is 18.3. The van der Waals surface area contributed by atoms with Crippen LogP contribution in [0.2, 0.25) is 0 Å². The summed E-state index contributed by atoms with van der Waals surface area (Å²) in [6.45, 7) is 0.270. The van der Waals surface area contributed by atoms with E-state index in [1.165, 1.54) is 16.8 Å². The van der Waals surface area contributed by atoms with Gasteiger partial charge in [0.2, 0.25) is 0 Å². The molecular weight excluding hydrogens is 372 g/mol. The Hall–Kier alpha value is -4.07. The lowest BCUT2D eigenvalue weighted by Crippen LogP contribution is -2.33. The van der Waals surface area contributed by atoms with Gasteiger partial charge in [0.15, 0.2) is 0 Å². The van der Waals surface area contributed by atoms with E-state index in [0.29, 0.717) is 16.7 Å². The molecule has 0 fully saturated rings. The Morgan fingerprint density at radius 2 is 1.93 bits per heavy atom. The van der Waals surface area contributed by atoms with Crippen LogP contribution in [-0.4, -0.2) is 27.2 Å². The molecule has 0 saturated heterocycles. The summed E-state index contributed by atoms with van der Waals surface area (Å²) in [7, 11) is 0. The lowest BCUT2D eigenvalue weighted by molar-refractivity contribution is 0.0948. The highest BCUT2D eigenvalue weighted by Gasteiger charge is 2.13. The van der Waals surface area contributed by atoms with Gasteiger partial charge in [0.1, 0.15) is 11.1 Å². The summed E-state index contributed by atoms with van der Waals surface area (Å²) in [5, 5.41) is 7.58. The van der Waals surface area contributed by atoms with Crippen molar-refractivity contribution in [3.63, 3.8) is 0 Å². The maximum Gasteiger partial charge on any atom is 0.349 e. The van der Waals surface area contributed by atoms with Gasteiger partial charge in [-0.25, -0.2) is 9.48 Å². The van der Waals surface area contributed by atoms with Crippen molar-refractivity contribution in [2.24, 2.45) is 0 Å². The van der Waals surface area contributed by atoms with Crippen LogP contribution in [0.4, 0.5) is 0 Å². The summed E-state index contributed by atoms with van der Waals surface area (Å²) < 4.78 is 6.43. The molecule has 1 N–H and O–H groups in total. The molecule has 0 atom stereocenters. The van der Waals surface area contributed by atoms with Crippen LogP contribution in [0.1, 0.15) is 10.4 Å². The Kier molecular flexibility index (Phi) is 4.98. The molecule has 0 saturated carbocycles. The minimum atomic E-state index is -0.713. The predicted octanol–water partition coefficient (Wildman–Crippen LogP) is 1.84. The molecule has 0 unspecified atom stereocenters. The van der Waals surface area contributed by atoms with Crippen LogP contribution in [0, 0.1) is 0 Å². The molecule has 0 spiro atoms. The normalized spacial score (nSPS) is 10.8. The summed E-state index contributed by atoms with van der Waals surface area (Å²) in [5.74, 6) is -0.569. The van der Waals surface area contributed by atoms with E-state index in [9.17, 15) is 14.4 Å². The smallest absolute Gasteiger partial charge is 0.349 e. The standard InChI is InChI=1S/C21H16N4O4/c26-19-8-7-17(15-5-3-9-22-13-15)24-25(19)11-10-23-20(27)16-12-14-4-1-2-6-18(14)29-21(16)28/h1-9,12-13H,10-11H2,(H,23,27). The fraction of sp³-hybridized carbons (Fsp3) is 0.0952. The molecular formula is C21H16N4O4. The van der Waals surface area contributed by atoms with E-state index in [-0.39, 0.29) is 24.2 Å². The molecule has 1 amide bonds. The highest BCUT2D eigenvalue weighted by atomic mass is 16.4. The van der Waals surface area contributed by atoms with Gasteiger partial charge in [-0.3, -0.25) is 14.6 Å². The molecule has 0 aliphatic rings. The van der Waals surface area contributed by atoms with Crippen LogP contribution < -0.4 is 16.5 Å². The molecule has 0 aliphatic heterocycles. The number of carbonyl (C=O) groups excluding carboxylic acids is 1. The summed E-state index contributed by atoms with van der Waals surface area (Å²) in [5.41, 5.74) is 0.690. The second kappa shape index (κ2) is 7.89. The van der Waals surface area contributed by atoms with Gasteiger partial charge < -0.3 is 9.73 Å². The molecule has 4 rings (SSSR count). The predicted molar refractivity (Wildman–Crippen MR) is 107 cm³/mol. The molecule has 0 aliphatic carbocycles. The van der Waals surface area contributed by atoms with Gasteiger partial charge >= 0.3 is 5.63 Å². The Morgan fingerprint density at radius 1 is 1.07 bits per heavy atom. The van der Waals surface area contributed by atoms with Gasteiger partial charge in [-0.05, 0) is 30.3 Å². The van der Waals surface area contributed by atoms with E-state index >= 15 is 0 Å². The van der Waals surface area contributed by atoms with Crippen molar-refractivity contribution >= 4 is 16.9 Å². The van der Waals surface area contributed by atoms with Gasteiger partial charge in [0.05, 0.1) is 12.2 Å². The summed E-state index contributed by atoms with van der Waals surface area (Å²) in [4.78, 5) is 40.5. The van der Waals surface area contributed by atoms with Crippen LogP contribution in [0.25, 0.3) is 22.2 Å². The number of aromatic nitrogens is 3. The first-order chi connectivity index (χ1) is 14.1. The van der Waals surface area contributed by atoms with Gasteiger partial charge in [-0.1, -0.05) is 18.2 Å². The fourth-order valence-corrected chi connectivity index (χ4v) is 2.87. The van der Waals surface area contributed by atoms with Crippen molar-refractivity contribution in [2.45, 2.75) is 6.54 Å². The zero-order chi connectivity index (χ0) is 20.2. The third-order valence-electron chi connectivity index (χ3n) is 4.32. The minimum Gasteiger partial charge on any atom is -0.422 e. The van der Waals surface area contributed by atoms with Gasteiger partial charge in [0, 0.05) is 36.0 Å². The third kappa shape index (κ3) is 3.96. The van der Waals surface area contributed by atoms with Crippen molar-refractivity contribution in [1.29, 1.82) is 0 Å². The van der Waals surface area contributed by atoms with Gasteiger partial charge in [-0.15, -0.1) is 0 Å². The number of amides is 1. The maximum absolute atomic E-state index is 12.4. The van der Waals surface area contributed by atoms with Crippen molar-refractivity contribution in [3.8, 4) is 11.3 Å². The molecule has 1 aromatic carbocycles. The number of carbonyl (C=O) groups is 1. The van der Waals surface area contributed by atoms with Crippen molar-refractivity contribution in [1.82, 2.24) is 20.1 Å². The molecule has 29 heavy (non-hydrogen) atoms. The lowest BCUT2D eigenvalue weighted by atomic mass is 10.2. The number of nitrogens with zero attached hydrogens (tertiary/aromatic N) is 3. The second-order valence-electron chi connectivity index (χ2n) is 6.26. The highest BCUT2D eigenvalue weighted by Crippen LogP contribution is 2.13. The van der Waals surface area contributed by atoms with Crippen molar-refractivity contribution in [2.75, 3.05) is 6.54 Å². The Balaban J connectivity index is 1.48. The molecule has 0 radical (unpaired) electrons. The van der Waals surface area contributed by atoms with E-state index in [4.69, 9.17) is 4.42 Å². The lowest BCUT2D eigenvalue weighted by Gasteiger charge is -2.08. The molecule has 144 valence electrons. The molecule has 3 aromatic heterocycles. The number of rotatable bonds is 5. The average molecular weight is 388 g/mol. The summed E-state index contributed by atoms with van der Waals surface area (Å²) in [6, 6.07) is 15.1. The molecule has 8 heteroatoms. The van der Waals surface area contributed by atoms with Gasteiger partial charge in [-0.2, -0.15) is 5.10 Å². The Morgan fingerprint density at radius 3 is 2.76 bits per heavy atom. The van der Waals surface area contributed by atoms with Crippen LogP contribution in [-0.2, 0) is 6.54 Å². The number of benzene rings is 1. The minimum absolute atomic E-state index is 0.0897. The van der Waals surface area contributed by atoms with Crippen molar-refractivity contribution in [3.05, 3.63) is 93.3 Å². The number of fused-ring (bicyclic) bond motifs is 1. The van der Waals surface area contributed by atoms with Crippen molar-refractivity contribution < 1.29 is 9.21 Å². The largest absolute Gasteiger partial charge is 0.422 e. The molecule has 8 nitrogen and oxygen atoms in total. The van der Waals surface area contributed by atoms with E-state index in [0.717, 1.165) is 5.56 Å². The maximum atomic E-state index is 12.4. The van der Waals surface area contributed by atoms with E-state index in [1.807, 2.05) is 6.07 Å². The number of hydrogen-bond donors (Lipinski definition) is 1. The zero-order valence-corrected chi connectivity index (χ0v) is 15.2. The van der Waals surface area contributed by atoms with Crippen LogP contribution >= 0.6 is 0 Å². The van der Waals surface area contributed by atoms with E-state index in [1.54, 1.807) is 48.8 Å². The number of pyridine rings is 1. The molecule has 3 heterocycles. The van der Waals surface area contributed by atoms with Crippen LogP contribution in [0.3, 0.4) is 0 Å². The van der Waals surface area contributed by atoms with E-state index in [2.05, 4.69) is 15.4 Å². The zero-order valence-electron chi connectivity index (χ0n) is 15.2. The van der Waals surface area contributed by atoms with Crippen LogP contribution in [0.5, 0.6) is 0 Å². The fourth-order valence-electron chi connectivity index (χ4n) is 2.87. The first-order valence-electron chi connectivity index (χ1n) is 8.91. The van der Waals surface area contributed by atoms with Crippen LogP contribution in [0.15, 0.2) is 81.0 Å². The summed E-state index contributed by atoms with van der Waals surface area (Å²) in [6.07, 6.45) is 3.30. The first-order valence-corrected chi connectivity index (χ1v) is 8.91. The molecule has 0 bridgehead atoms. The Labute approximate surface area is 164 Å².